The van der Waals surface area contributed by atoms with Crippen molar-refractivity contribution >= 4 is 21.9 Å². The first-order valence-electron chi connectivity index (χ1n) is 13.9. The Labute approximate surface area is 221 Å². The third kappa shape index (κ3) is 6.22. The molecule has 2 heterocycles. The Bertz CT molecular complexity index is 1070. The molecule has 3 rings (SSSR count). The highest BCUT2D eigenvalue weighted by molar-refractivity contribution is 8.30. The second-order valence-electron chi connectivity index (χ2n) is 10.7. The molecule has 0 saturated carbocycles. The van der Waals surface area contributed by atoms with E-state index in [9.17, 15) is 4.79 Å². The van der Waals surface area contributed by atoms with Gasteiger partial charge in [0.05, 0.1) is 28.6 Å². The van der Waals surface area contributed by atoms with Gasteiger partial charge < -0.3 is 4.74 Å². The van der Waals surface area contributed by atoms with Crippen LogP contribution in [0.15, 0.2) is 34.2 Å². The van der Waals surface area contributed by atoms with Crippen LogP contribution in [-0.4, -0.2) is 34.9 Å². The topological polar surface area (TPSA) is 51.5 Å². The van der Waals surface area contributed by atoms with Crippen molar-refractivity contribution in [1.82, 2.24) is 4.98 Å². The number of esters is 1. The average Bonchev–Trinajstić information content (AvgIpc) is 3.31. The van der Waals surface area contributed by atoms with Gasteiger partial charge in [0.15, 0.2) is 0 Å². The standard InChI is InChI=1S/C31H46N2O2S/c1-9-11-12-13-25-32-18-19-36(25)30-26(24-16-14-23(15-17-24)20(3)4)27(31(34)35-10-2)28(21(5)6)33-29(30)22(7)8/h14-17,20-22,36H,9-13,18-19H2,1-8H3. The van der Waals surface area contributed by atoms with Gasteiger partial charge in [-0.3, -0.25) is 9.98 Å². The summed E-state index contributed by atoms with van der Waals surface area (Å²) in [5, 5.41) is 1.34. The predicted octanol–water partition coefficient (Wildman–Crippen LogP) is 8.65. The van der Waals surface area contributed by atoms with Crippen molar-refractivity contribution in [2.24, 2.45) is 4.99 Å². The van der Waals surface area contributed by atoms with E-state index in [-0.39, 0.29) is 17.8 Å². The highest BCUT2D eigenvalue weighted by Gasteiger charge is 2.33. The van der Waals surface area contributed by atoms with Crippen LogP contribution in [0.3, 0.4) is 0 Å². The van der Waals surface area contributed by atoms with E-state index >= 15 is 0 Å². The maximum Gasteiger partial charge on any atom is 0.340 e. The molecule has 1 atom stereocenters. The summed E-state index contributed by atoms with van der Waals surface area (Å²) in [6.07, 6.45) is 4.64. The third-order valence-electron chi connectivity index (χ3n) is 6.87. The molecule has 0 fully saturated rings. The lowest BCUT2D eigenvalue weighted by Gasteiger charge is -2.29. The van der Waals surface area contributed by atoms with Gasteiger partial charge in [-0.15, -0.1) is 0 Å². The summed E-state index contributed by atoms with van der Waals surface area (Å²) < 4.78 is 5.67. The van der Waals surface area contributed by atoms with Gasteiger partial charge in [0.1, 0.15) is 0 Å². The SMILES string of the molecule is CCCCCC1=NCC[SH]1c1c(C(C)C)nc(C(C)C)c(C(=O)OCC)c1-c1ccc(C(C)C)cc1. The Kier molecular flexibility index (Phi) is 10.2. The normalized spacial score (nSPS) is 16.8. The lowest BCUT2D eigenvalue weighted by molar-refractivity contribution is 0.0524. The van der Waals surface area contributed by atoms with E-state index in [4.69, 9.17) is 14.7 Å². The van der Waals surface area contributed by atoms with Gasteiger partial charge in [-0.05, 0) is 48.6 Å². The number of hydrogen-bond acceptors (Lipinski definition) is 4. The second-order valence-corrected chi connectivity index (χ2v) is 13.0. The number of benzene rings is 1. The Morgan fingerprint density at radius 3 is 2.17 bits per heavy atom. The lowest BCUT2D eigenvalue weighted by atomic mass is 9.90. The van der Waals surface area contributed by atoms with Crippen molar-refractivity contribution < 1.29 is 9.53 Å². The Morgan fingerprint density at radius 2 is 1.61 bits per heavy atom. The third-order valence-corrected chi connectivity index (χ3v) is 9.50. The van der Waals surface area contributed by atoms with Crippen LogP contribution in [0.25, 0.3) is 11.1 Å². The van der Waals surface area contributed by atoms with Gasteiger partial charge in [0.2, 0.25) is 0 Å². The van der Waals surface area contributed by atoms with E-state index in [1.165, 1.54) is 34.8 Å². The molecule has 1 unspecified atom stereocenters. The second kappa shape index (κ2) is 12.9. The maximum atomic E-state index is 13.6. The molecule has 36 heavy (non-hydrogen) atoms. The number of carbonyl (C=O) groups excluding carboxylic acids is 1. The summed E-state index contributed by atoms with van der Waals surface area (Å²) in [5.74, 6) is 1.60. The summed E-state index contributed by atoms with van der Waals surface area (Å²) in [6, 6.07) is 8.82. The molecule has 0 aliphatic carbocycles. The molecule has 1 aliphatic rings. The predicted molar refractivity (Wildman–Crippen MR) is 156 cm³/mol. The number of hydrogen-bond donors (Lipinski definition) is 1. The van der Waals surface area contributed by atoms with Crippen LogP contribution >= 0.6 is 10.9 Å². The number of thiol groups is 1. The maximum absolute atomic E-state index is 13.6. The number of ether oxygens (including phenoxy) is 1. The molecule has 4 nitrogen and oxygen atoms in total. The molecule has 0 N–H and O–H groups in total. The lowest BCUT2D eigenvalue weighted by Crippen LogP contribution is -2.18. The van der Waals surface area contributed by atoms with E-state index in [1.807, 2.05) is 6.92 Å². The highest BCUT2D eigenvalue weighted by Crippen LogP contribution is 2.52. The van der Waals surface area contributed by atoms with Gasteiger partial charge >= 0.3 is 5.97 Å². The number of pyridine rings is 1. The van der Waals surface area contributed by atoms with Crippen molar-refractivity contribution in [3.05, 3.63) is 46.8 Å². The van der Waals surface area contributed by atoms with Gasteiger partial charge in [0.25, 0.3) is 0 Å². The van der Waals surface area contributed by atoms with Crippen LogP contribution in [-0.2, 0) is 4.74 Å². The number of unbranched alkanes of at least 4 members (excludes halogenated alkanes) is 2. The van der Waals surface area contributed by atoms with Crippen LogP contribution in [0.4, 0.5) is 0 Å². The summed E-state index contributed by atoms with van der Waals surface area (Å²) in [4.78, 5) is 25.1. The van der Waals surface area contributed by atoms with Crippen LogP contribution in [0.2, 0.25) is 0 Å². The van der Waals surface area contributed by atoms with Crippen LogP contribution in [0.1, 0.15) is 126 Å². The van der Waals surface area contributed by atoms with E-state index in [1.54, 1.807) is 0 Å². The van der Waals surface area contributed by atoms with Gasteiger partial charge in [-0.2, -0.15) is 10.9 Å². The van der Waals surface area contributed by atoms with Crippen LogP contribution in [0.5, 0.6) is 0 Å². The average molecular weight is 511 g/mol. The van der Waals surface area contributed by atoms with Crippen molar-refractivity contribution in [2.45, 2.75) is 104 Å². The van der Waals surface area contributed by atoms with E-state index in [0.717, 1.165) is 41.2 Å². The first-order valence-corrected chi connectivity index (χ1v) is 15.4. The molecular weight excluding hydrogens is 464 g/mol. The van der Waals surface area contributed by atoms with E-state index in [0.29, 0.717) is 18.1 Å². The Hall–Kier alpha value is -2.14. The zero-order valence-electron chi connectivity index (χ0n) is 23.6. The summed E-state index contributed by atoms with van der Waals surface area (Å²) in [6.45, 7) is 18.5. The van der Waals surface area contributed by atoms with Crippen molar-refractivity contribution in [1.29, 1.82) is 0 Å². The molecule has 198 valence electrons. The van der Waals surface area contributed by atoms with Gasteiger partial charge in [-0.25, -0.2) is 4.79 Å². The Morgan fingerprint density at radius 1 is 0.944 bits per heavy atom. The molecular formula is C31H46N2O2S. The number of aromatic nitrogens is 1. The molecule has 0 saturated heterocycles. The zero-order chi connectivity index (χ0) is 26.4. The first-order chi connectivity index (χ1) is 17.2. The number of carbonyl (C=O) groups is 1. The fraction of sp³-hybridized carbons (Fsp3) is 0.581. The summed E-state index contributed by atoms with van der Waals surface area (Å²) in [7, 11) is -0.640. The van der Waals surface area contributed by atoms with Crippen LogP contribution < -0.4 is 0 Å². The van der Waals surface area contributed by atoms with Crippen molar-refractivity contribution in [2.75, 3.05) is 18.9 Å². The molecule has 5 heteroatoms. The molecule has 2 aromatic rings. The largest absolute Gasteiger partial charge is 0.462 e. The molecule has 1 aromatic carbocycles. The van der Waals surface area contributed by atoms with Gasteiger partial charge in [0, 0.05) is 22.8 Å². The quantitative estimate of drug-likeness (QED) is 0.187. The minimum Gasteiger partial charge on any atom is -0.462 e. The minimum absolute atomic E-state index is 0.110. The van der Waals surface area contributed by atoms with Gasteiger partial charge in [-0.1, -0.05) is 85.6 Å². The molecule has 0 amide bonds. The van der Waals surface area contributed by atoms with E-state index in [2.05, 4.69) is 72.7 Å². The minimum atomic E-state index is -0.640. The van der Waals surface area contributed by atoms with Crippen molar-refractivity contribution in [3.63, 3.8) is 0 Å². The fourth-order valence-electron chi connectivity index (χ4n) is 4.91. The highest BCUT2D eigenvalue weighted by atomic mass is 32.2. The van der Waals surface area contributed by atoms with Crippen LogP contribution in [0, 0.1) is 0 Å². The number of rotatable bonds is 11. The first kappa shape index (κ1) is 28.4. The molecule has 0 spiro atoms. The molecule has 1 aliphatic heterocycles. The smallest absolute Gasteiger partial charge is 0.340 e. The molecule has 0 bridgehead atoms. The molecule has 1 aromatic heterocycles. The van der Waals surface area contributed by atoms with Crippen molar-refractivity contribution in [3.8, 4) is 11.1 Å². The monoisotopic (exact) mass is 510 g/mol. The fourth-order valence-corrected chi connectivity index (χ4v) is 7.75. The molecule has 0 radical (unpaired) electrons. The Balaban J connectivity index is 2.36. The number of aliphatic imine (C=N–C) groups is 1. The van der Waals surface area contributed by atoms with E-state index < -0.39 is 10.9 Å². The summed E-state index contributed by atoms with van der Waals surface area (Å²) >= 11 is 0. The number of nitrogens with zero attached hydrogens (tertiary/aromatic N) is 2. The summed E-state index contributed by atoms with van der Waals surface area (Å²) in [5.41, 5.74) is 6.07. The zero-order valence-corrected chi connectivity index (χ0v) is 24.5.